The largest absolute Gasteiger partial charge is 0.481 e. The molecule has 0 saturated carbocycles. The molecule has 0 bridgehead atoms. The Bertz CT molecular complexity index is 1340. The molecule has 0 saturated heterocycles. The lowest BCUT2D eigenvalue weighted by atomic mass is 9.93. The van der Waals surface area contributed by atoms with Crippen LogP contribution in [0.15, 0.2) is 113 Å². The van der Waals surface area contributed by atoms with Crippen LogP contribution in [0.5, 0.6) is 0 Å². The van der Waals surface area contributed by atoms with Crippen LogP contribution >= 0.6 is 0 Å². The van der Waals surface area contributed by atoms with Crippen molar-refractivity contribution >= 4 is 23.0 Å². The van der Waals surface area contributed by atoms with Gasteiger partial charge in [-0.2, -0.15) is 10.2 Å². The van der Waals surface area contributed by atoms with Crippen molar-refractivity contribution in [1.82, 2.24) is 0 Å². The second-order valence-electron chi connectivity index (χ2n) is 9.46. The van der Waals surface area contributed by atoms with Crippen molar-refractivity contribution in [1.29, 1.82) is 0 Å². The van der Waals surface area contributed by atoms with Crippen LogP contribution in [0.1, 0.15) is 42.0 Å². The highest BCUT2D eigenvalue weighted by Gasteiger charge is 2.08. The summed E-state index contributed by atoms with van der Waals surface area (Å²) in [6, 6.07) is 34.3. The minimum absolute atomic E-state index is 0.000516. The number of ether oxygens (including phenoxy) is 1. The zero-order valence-corrected chi connectivity index (χ0v) is 22.5. The molecule has 4 aromatic rings. The van der Waals surface area contributed by atoms with Crippen molar-refractivity contribution in [2.45, 2.75) is 32.8 Å². The highest BCUT2D eigenvalue weighted by molar-refractivity contribution is 5.70. The second-order valence-corrected chi connectivity index (χ2v) is 9.46. The molecule has 39 heavy (non-hydrogen) atoms. The molecule has 1 atom stereocenters. The van der Waals surface area contributed by atoms with Crippen LogP contribution in [-0.4, -0.2) is 30.8 Å². The van der Waals surface area contributed by atoms with Gasteiger partial charge in [0.1, 0.15) is 0 Å². The van der Waals surface area contributed by atoms with E-state index >= 15 is 0 Å². The highest BCUT2D eigenvalue weighted by atomic mass is 16.5. The Hall–Kier alpha value is -4.29. The third-order valence-corrected chi connectivity index (χ3v) is 6.72. The third-order valence-electron chi connectivity index (χ3n) is 6.72. The number of carbonyl (C=O) groups is 1. The number of carboxylic acids is 1. The molecule has 4 rings (SSSR count). The number of likely N-dealkylation sites (N-methyl/N-ethyl adjacent to an activating group) is 1. The van der Waals surface area contributed by atoms with Crippen molar-refractivity contribution in [3.05, 3.63) is 125 Å². The van der Waals surface area contributed by atoms with E-state index < -0.39 is 5.97 Å². The first-order valence-electron chi connectivity index (χ1n) is 13.3. The second kappa shape index (κ2) is 14.0. The van der Waals surface area contributed by atoms with Gasteiger partial charge in [-0.15, -0.1) is 0 Å². The molecule has 0 radical (unpaired) electrons. The van der Waals surface area contributed by atoms with E-state index in [-0.39, 0.29) is 6.42 Å². The highest BCUT2D eigenvalue weighted by Crippen LogP contribution is 2.25. The van der Waals surface area contributed by atoms with E-state index in [1.54, 1.807) is 24.3 Å². The molecule has 0 aliphatic carbocycles. The smallest absolute Gasteiger partial charge is 0.307 e. The molecule has 1 unspecified atom stereocenters. The summed E-state index contributed by atoms with van der Waals surface area (Å²) < 4.78 is 5.99. The number of hydrogen-bond donors (Lipinski definition) is 1. The number of azo groups is 1. The molecule has 0 aliphatic heterocycles. The van der Waals surface area contributed by atoms with Gasteiger partial charge in [0, 0.05) is 24.7 Å². The molecule has 0 spiro atoms. The lowest BCUT2D eigenvalue weighted by Gasteiger charge is -2.23. The summed E-state index contributed by atoms with van der Waals surface area (Å²) in [5.74, 6) is -0.486. The van der Waals surface area contributed by atoms with Gasteiger partial charge in [-0.1, -0.05) is 73.7 Å². The third kappa shape index (κ3) is 8.35. The van der Waals surface area contributed by atoms with E-state index in [4.69, 9.17) is 9.84 Å². The quantitative estimate of drug-likeness (QED) is 0.143. The minimum Gasteiger partial charge on any atom is -0.481 e. The maximum Gasteiger partial charge on any atom is 0.307 e. The molecule has 0 aromatic heterocycles. The van der Waals surface area contributed by atoms with Gasteiger partial charge in [0.25, 0.3) is 0 Å². The molecular formula is C33H35N3O3. The number of benzene rings is 4. The molecule has 4 aromatic carbocycles. The van der Waals surface area contributed by atoms with Crippen molar-refractivity contribution in [3.63, 3.8) is 0 Å². The summed E-state index contributed by atoms with van der Waals surface area (Å²) >= 11 is 0. The summed E-state index contributed by atoms with van der Waals surface area (Å²) in [7, 11) is 0. The monoisotopic (exact) mass is 521 g/mol. The molecule has 6 heteroatoms. The van der Waals surface area contributed by atoms with Gasteiger partial charge in [0.05, 0.1) is 31.0 Å². The normalized spacial score (nSPS) is 11.9. The van der Waals surface area contributed by atoms with Crippen molar-refractivity contribution < 1.29 is 14.6 Å². The van der Waals surface area contributed by atoms with Crippen LogP contribution in [-0.2, 0) is 22.6 Å². The van der Waals surface area contributed by atoms with Crippen molar-refractivity contribution in [3.8, 4) is 0 Å². The van der Waals surface area contributed by atoms with E-state index in [1.807, 2.05) is 30.3 Å². The van der Waals surface area contributed by atoms with Crippen molar-refractivity contribution in [2.24, 2.45) is 10.2 Å². The number of rotatable bonds is 13. The van der Waals surface area contributed by atoms with Gasteiger partial charge in [-0.25, -0.2) is 0 Å². The molecule has 6 nitrogen and oxygen atoms in total. The fraction of sp³-hybridized carbons (Fsp3) is 0.242. The lowest BCUT2D eigenvalue weighted by molar-refractivity contribution is -0.136. The van der Waals surface area contributed by atoms with Crippen LogP contribution in [0.25, 0.3) is 0 Å². The van der Waals surface area contributed by atoms with E-state index in [1.165, 1.54) is 16.7 Å². The summed E-state index contributed by atoms with van der Waals surface area (Å²) in [5, 5.41) is 17.4. The molecule has 0 fully saturated rings. The first kappa shape index (κ1) is 27.7. The molecule has 200 valence electrons. The van der Waals surface area contributed by atoms with Crippen LogP contribution in [0.3, 0.4) is 0 Å². The van der Waals surface area contributed by atoms with Gasteiger partial charge >= 0.3 is 5.97 Å². The fourth-order valence-corrected chi connectivity index (χ4v) is 4.37. The molecule has 0 heterocycles. The Labute approximate surface area is 230 Å². The predicted octanol–water partition coefficient (Wildman–Crippen LogP) is 7.92. The first-order chi connectivity index (χ1) is 19.0. The van der Waals surface area contributed by atoms with Crippen LogP contribution in [0, 0.1) is 0 Å². The Morgan fingerprint density at radius 2 is 1.36 bits per heavy atom. The maximum absolute atomic E-state index is 10.8. The van der Waals surface area contributed by atoms with Crippen LogP contribution < -0.4 is 4.90 Å². The number of aliphatic carboxylic acids is 1. The van der Waals surface area contributed by atoms with Gasteiger partial charge in [-0.05, 0) is 65.6 Å². The first-order valence-corrected chi connectivity index (χ1v) is 13.3. The number of carboxylic acid groups (broad SMARTS) is 1. The predicted molar refractivity (Wildman–Crippen MR) is 156 cm³/mol. The zero-order valence-electron chi connectivity index (χ0n) is 22.5. The molecule has 1 N–H and O–H groups in total. The number of hydrogen-bond acceptors (Lipinski definition) is 5. The molecule has 0 aliphatic rings. The molecule has 0 amide bonds. The topological polar surface area (TPSA) is 74.5 Å². The summed E-state index contributed by atoms with van der Waals surface area (Å²) in [4.78, 5) is 13.1. The van der Waals surface area contributed by atoms with Crippen molar-refractivity contribution in [2.75, 3.05) is 24.6 Å². The number of anilines is 1. The van der Waals surface area contributed by atoms with Gasteiger partial charge in [0.15, 0.2) is 0 Å². The SMILES string of the molecule is CCN(CCOCc1ccc(C(C)c2ccccc2)cc1)c1ccc(N=Nc2ccc(CC(=O)O)cc2)cc1. The standard InChI is InChI=1S/C33H35N3O3/c1-3-36(21-22-39-24-27-9-13-29(14-10-27)25(2)28-7-5-4-6-8-28)32-19-17-31(18-20-32)35-34-30-15-11-26(12-16-30)23-33(37)38/h4-20,25H,3,21-24H2,1-2H3,(H,37,38). The Morgan fingerprint density at radius 3 is 1.95 bits per heavy atom. The van der Waals surface area contributed by atoms with Gasteiger partial charge in [-0.3, -0.25) is 4.79 Å². The van der Waals surface area contributed by atoms with Gasteiger partial charge < -0.3 is 14.7 Å². The van der Waals surface area contributed by atoms with E-state index in [9.17, 15) is 4.79 Å². The lowest BCUT2D eigenvalue weighted by Crippen LogP contribution is -2.26. The van der Waals surface area contributed by atoms with E-state index in [2.05, 4.69) is 77.5 Å². The van der Waals surface area contributed by atoms with Crippen LogP contribution in [0.2, 0.25) is 0 Å². The van der Waals surface area contributed by atoms with E-state index in [0.717, 1.165) is 30.0 Å². The summed E-state index contributed by atoms with van der Waals surface area (Å²) in [6.07, 6.45) is -0.000516. The van der Waals surface area contributed by atoms with Crippen LogP contribution in [0.4, 0.5) is 17.1 Å². The number of nitrogens with zero attached hydrogens (tertiary/aromatic N) is 3. The summed E-state index contributed by atoms with van der Waals surface area (Å²) in [6.45, 7) is 7.26. The average Bonchev–Trinajstić information content (AvgIpc) is 2.97. The minimum atomic E-state index is -0.851. The zero-order chi connectivity index (χ0) is 27.5. The summed E-state index contributed by atoms with van der Waals surface area (Å²) in [5.41, 5.74) is 7.08. The Morgan fingerprint density at radius 1 is 0.795 bits per heavy atom. The average molecular weight is 522 g/mol. The fourth-order valence-electron chi connectivity index (χ4n) is 4.37. The Kier molecular flexibility index (Phi) is 9.98. The van der Waals surface area contributed by atoms with Gasteiger partial charge in [0.2, 0.25) is 0 Å². The maximum atomic E-state index is 10.8. The molecular weight excluding hydrogens is 486 g/mol. The van der Waals surface area contributed by atoms with E-state index in [0.29, 0.717) is 24.8 Å². The Balaban J connectivity index is 1.23.